The molecule has 2 aromatic rings. The average Bonchev–Trinajstić information content (AvgIpc) is 2.76. The molecule has 0 bridgehead atoms. The molecule has 0 aliphatic heterocycles. The Morgan fingerprint density at radius 3 is 2.95 bits per heavy atom. The molecule has 0 radical (unpaired) electrons. The molecule has 102 valence electrons. The number of hydrogen-bond donors (Lipinski definition) is 1. The highest BCUT2D eigenvalue weighted by molar-refractivity contribution is 9.10. The summed E-state index contributed by atoms with van der Waals surface area (Å²) in [4.78, 5) is 4.11. The van der Waals surface area contributed by atoms with Gasteiger partial charge in [-0.25, -0.2) is 0 Å². The molecule has 2 rings (SSSR count). The van der Waals surface area contributed by atoms with E-state index in [1.165, 1.54) is 0 Å². The number of ether oxygens (including phenoxy) is 1. The van der Waals surface area contributed by atoms with Crippen molar-refractivity contribution in [2.75, 3.05) is 13.7 Å². The van der Waals surface area contributed by atoms with Crippen molar-refractivity contribution >= 4 is 27.5 Å². The second-order valence-electron chi connectivity index (χ2n) is 4.01. The van der Waals surface area contributed by atoms with E-state index in [2.05, 4.69) is 26.0 Å². The molecule has 2 aromatic heterocycles. The number of nitrogens with zero attached hydrogens (tertiary/aromatic N) is 3. The summed E-state index contributed by atoms with van der Waals surface area (Å²) in [7, 11) is 1.64. The van der Waals surface area contributed by atoms with Crippen LogP contribution < -0.4 is 5.73 Å². The lowest BCUT2D eigenvalue weighted by Crippen LogP contribution is -2.19. The second kappa shape index (κ2) is 6.47. The first-order chi connectivity index (χ1) is 9.13. The number of nitrogens with two attached hydrogens (primary N) is 1. The van der Waals surface area contributed by atoms with Gasteiger partial charge in [0.1, 0.15) is 0 Å². The maximum absolute atomic E-state index is 6.26. The van der Waals surface area contributed by atoms with Gasteiger partial charge < -0.3 is 10.5 Å². The smallest absolute Gasteiger partial charge is 0.0837 e. The molecular weight excluding hydrogens is 332 g/mol. The van der Waals surface area contributed by atoms with Crippen molar-refractivity contribution in [3.05, 3.63) is 45.4 Å². The van der Waals surface area contributed by atoms with Gasteiger partial charge in [0, 0.05) is 24.0 Å². The van der Waals surface area contributed by atoms with Gasteiger partial charge >= 0.3 is 0 Å². The predicted molar refractivity (Wildman–Crippen MR) is 77.1 cm³/mol. The third kappa shape index (κ3) is 3.33. The number of rotatable bonds is 5. The van der Waals surface area contributed by atoms with Crippen LogP contribution in [0.15, 0.2) is 29.1 Å². The van der Waals surface area contributed by atoms with Crippen LogP contribution >= 0.6 is 27.5 Å². The highest BCUT2D eigenvalue weighted by Gasteiger charge is 2.19. The highest BCUT2D eigenvalue weighted by Crippen LogP contribution is 2.27. The SMILES string of the molecule is COCCn1ncc(Cl)c1C(N)c1cncc(Br)c1. The van der Waals surface area contributed by atoms with E-state index >= 15 is 0 Å². The van der Waals surface area contributed by atoms with Crippen LogP contribution in [0.3, 0.4) is 0 Å². The fourth-order valence-electron chi connectivity index (χ4n) is 1.79. The van der Waals surface area contributed by atoms with Gasteiger partial charge in [-0.05, 0) is 27.6 Å². The van der Waals surface area contributed by atoms with E-state index in [9.17, 15) is 0 Å². The molecule has 1 unspecified atom stereocenters. The van der Waals surface area contributed by atoms with Crippen LogP contribution in [0.5, 0.6) is 0 Å². The van der Waals surface area contributed by atoms with Crippen molar-refractivity contribution < 1.29 is 4.74 Å². The zero-order valence-corrected chi connectivity index (χ0v) is 12.7. The minimum atomic E-state index is -0.378. The molecule has 7 heteroatoms. The molecule has 0 aliphatic rings. The third-order valence-corrected chi connectivity index (χ3v) is 3.45. The van der Waals surface area contributed by atoms with Crippen LogP contribution in [0.4, 0.5) is 0 Å². The summed E-state index contributed by atoms with van der Waals surface area (Å²) in [6.07, 6.45) is 5.03. The van der Waals surface area contributed by atoms with Gasteiger partial charge in [-0.1, -0.05) is 11.6 Å². The summed E-state index contributed by atoms with van der Waals surface area (Å²) in [5.74, 6) is 0. The largest absolute Gasteiger partial charge is 0.383 e. The van der Waals surface area contributed by atoms with Crippen molar-refractivity contribution in [2.45, 2.75) is 12.6 Å². The lowest BCUT2D eigenvalue weighted by molar-refractivity contribution is 0.182. The fraction of sp³-hybridized carbons (Fsp3) is 0.333. The highest BCUT2D eigenvalue weighted by atomic mass is 79.9. The maximum Gasteiger partial charge on any atom is 0.0837 e. The van der Waals surface area contributed by atoms with Crippen LogP contribution in [0.25, 0.3) is 0 Å². The monoisotopic (exact) mass is 344 g/mol. The van der Waals surface area contributed by atoms with Gasteiger partial charge in [0.2, 0.25) is 0 Å². The van der Waals surface area contributed by atoms with E-state index in [4.69, 9.17) is 22.1 Å². The van der Waals surface area contributed by atoms with Gasteiger partial charge in [-0.3, -0.25) is 9.67 Å². The standard InChI is InChI=1S/C12H14BrClN4O/c1-19-3-2-18-12(10(14)7-17-18)11(15)8-4-9(13)6-16-5-8/h4-7,11H,2-3,15H2,1H3. The molecular formula is C12H14BrClN4O. The molecule has 1 atom stereocenters. The minimum absolute atomic E-state index is 0.378. The average molecular weight is 346 g/mol. The Kier molecular flexibility index (Phi) is 4.93. The zero-order chi connectivity index (χ0) is 13.8. The number of halogens is 2. The van der Waals surface area contributed by atoms with Gasteiger partial charge in [0.05, 0.1) is 36.1 Å². The van der Waals surface area contributed by atoms with E-state index in [1.807, 2.05) is 6.07 Å². The summed E-state index contributed by atoms with van der Waals surface area (Å²) in [6, 6.07) is 1.54. The van der Waals surface area contributed by atoms with Gasteiger partial charge in [-0.15, -0.1) is 0 Å². The Morgan fingerprint density at radius 2 is 2.26 bits per heavy atom. The molecule has 0 amide bonds. The summed E-state index contributed by atoms with van der Waals surface area (Å²) >= 11 is 9.55. The number of aromatic nitrogens is 3. The molecule has 2 N–H and O–H groups in total. The molecule has 0 aromatic carbocycles. The first-order valence-corrected chi connectivity index (χ1v) is 6.86. The van der Waals surface area contributed by atoms with Crippen molar-refractivity contribution in [2.24, 2.45) is 5.73 Å². The Morgan fingerprint density at radius 1 is 1.47 bits per heavy atom. The number of pyridine rings is 1. The Bertz CT molecular complexity index is 560. The van der Waals surface area contributed by atoms with Crippen molar-refractivity contribution in [3.63, 3.8) is 0 Å². The molecule has 0 aliphatic carbocycles. The van der Waals surface area contributed by atoms with Crippen LogP contribution in [0.1, 0.15) is 17.3 Å². The summed E-state index contributed by atoms with van der Waals surface area (Å²) in [5, 5.41) is 4.76. The topological polar surface area (TPSA) is 66.0 Å². The predicted octanol–water partition coefficient (Wildman–Crippen LogP) is 2.39. The second-order valence-corrected chi connectivity index (χ2v) is 5.33. The van der Waals surface area contributed by atoms with Crippen molar-refractivity contribution in [1.82, 2.24) is 14.8 Å². The molecule has 0 saturated carbocycles. The quantitative estimate of drug-likeness (QED) is 0.903. The van der Waals surface area contributed by atoms with Crippen LogP contribution in [0.2, 0.25) is 5.02 Å². The Labute approximate surface area is 124 Å². The summed E-state index contributed by atoms with van der Waals surface area (Å²) < 4.78 is 7.69. The van der Waals surface area contributed by atoms with Crippen LogP contribution in [-0.4, -0.2) is 28.5 Å². The maximum atomic E-state index is 6.26. The van der Waals surface area contributed by atoms with E-state index in [-0.39, 0.29) is 6.04 Å². The summed E-state index contributed by atoms with van der Waals surface area (Å²) in [5.41, 5.74) is 7.89. The van der Waals surface area contributed by atoms with Gasteiger partial charge in [0.15, 0.2) is 0 Å². The van der Waals surface area contributed by atoms with E-state index in [1.54, 1.807) is 30.4 Å². The Hall–Kier alpha value is -0.950. The number of hydrogen-bond acceptors (Lipinski definition) is 4. The third-order valence-electron chi connectivity index (χ3n) is 2.72. The van der Waals surface area contributed by atoms with Crippen molar-refractivity contribution in [3.8, 4) is 0 Å². The molecule has 0 spiro atoms. The Balaban J connectivity index is 2.32. The minimum Gasteiger partial charge on any atom is -0.383 e. The lowest BCUT2D eigenvalue weighted by atomic mass is 10.1. The molecule has 2 heterocycles. The van der Waals surface area contributed by atoms with E-state index < -0.39 is 0 Å². The fourth-order valence-corrected chi connectivity index (χ4v) is 2.43. The van der Waals surface area contributed by atoms with Crippen LogP contribution in [-0.2, 0) is 11.3 Å². The van der Waals surface area contributed by atoms with Crippen molar-refractivity contribution in [1.29, 1.82) is 0 Å². The zero-order valence-electron chi connectivity index (χ0n) is 10.4. The molecule has 19 heavy (non-hydrogen) atoms. The van der Waals surface area contributed by atoms with Gasteiger partial charge in [0.25, 0.3) is 0 Å². The summed E-state index contributed by atoms with van der Waals surface area (Å²) in [6.45, 7) is 1.15. The van der Waals surface area contributed by atoms with E-state index in [0.29, 0.717) is 18.2 Å². The normalized spacial score (nSPS) is 12.6. The first-order valence-electron chi connectivity index (χ1n) is 5.69. The molecule has 5 nitrogen and oxygen atoms in total. The van der Waals surface area contributed by atoms with Crippen LogP contribution in [0, 0.1) is 0 Å². The first kappa shape index (κ1) is 14.5. The van der Waals surface area contributed by atoms with E-state index in [0.717, 1.165) is 15.7 Å². The number of methoxy groups -OCH3 is 1. The molecule has 0 saturated heterocycles. The van der Waals surface area contributed by atoms with Gasteiger partial charge in [-0.2, -0.15) is 5.10 Å². The molecule has 0 fully saturated rings. The lowest BCUT2D eigenvalue weighted by Gasteiger charge is -2.15.